The largest absolute Gasteiger partial charge is 0.627 e. The number of piperidine rings is 1. The van der Waals surface area contributed by atoms with E-state index in [1.807, 2.05) is 18.2 Å². The number of carbonyl (C=O) groups excluding carboxylic acids is 1. The van der Waals surface area contributed by atoms with Gasteiger partial charge in [-0.2, -0.15) is 0 Å². The summed E-state index contributed by atoms with van der Waals surface area (Å²) >= 11 is 1.37. The maximum Gasteiger partial charge on any atom is 0.335 e. The van der Waals surface area contributed by atoms with Crippen LogP contribution in [0.15, 0.2) is 35.4 Å². The van der Waals surface area contributed by atoms with E-state index in [0.29, 0.717) is 43.1 Å². The van der Waals surface area contributed by atoms with Crippen LogP contribution in [-0.2, 0) is 4.79 Å². The highest BCUT2D eigenvalue weighted by molar-refractivity contribution is 8.03. The molecular weight excluding hydrogens is 416 g/mol. The number of ketones is 1. The smallest absolute Gasteiger partial charge is 0.335 e. The monoisotopic (exact) mass is 445 g/mol. The van der Waals surface area contributed by atoms with Crippen LogP contribution in [0.1, 0.15) is 19.3 Å². The fourth-order valence-corrected chi connectivity index (χ4v) is 6.83. The van der Waals surface area contributed by atoms with Gasteiger partial charge in [0.2, 0.25) is 0 Å². The molecule has 4 aliphatic heterocycles. The van der Waals surface area contributed by atoms with E-state index >= 15 is 0 Å². The summed E-state index contributed by atoms with van der Waals surface area (Å²) in [5, 5.41) is 14.5. The Morgan fingerprint density at radius 1 is 1.32 bits per heavy atom. The molecule has 1 aromatic rings. The highest BCUT2D eigenvalue weighted by Gasteiger charge is 2.68. The lowest BCUT2D eigenvalue weighted by molar-refractivity contribution is -1.02. The minimum absolute atomic E-state index is 0.0150. The normalized spacial score (nSPS) is 33.3. The highest BCUT2D eigenvalue weighted by Crippen LogP contribution is 2.51. The second kappa shape index (κ2) is 7.88. The summed E-state index contributed by atoms with van der Waals surface area (Å²) < 4.78 is 5.56. The van der Waals surface area contributed by atoms with Crippen molar-refractivity contribution < 1.29 is 18.9 Å². The summed E-state index contributed by atoms with van der Waals surface area (Å²) in [6, 6.07) is 8.08. The average molecular weight is 446 g/mol. The number of hydrogen-bond acceptors (Lipinski definition) is 7. The van der Waals surface area contributed by atoms with Gasteiger partial charge in [0, 0.05) is 62.2 Å². The predicted octanol–water partition coefficient (Wildman–Crippen LogP) is 2.33. The third kappa shape index (κ3) is 3.29. The maximum absolute atomic E-state index is 14.0. The van der Waals surface area contributed by atoms with Crippen LogP contribution in [0.4, 0.5) is 5.69 Å². The van der Waals surface area contributed by atoms with E-state index in [2.05, 4.69) is 15.9 Å². The van der Waals surface area contributed by atoms with Gasteiger partial charge < -0.3 is 14.8 Å². The molecule has 0 saturated carbocycles. The minimum atomic E-state index is -1.03. The Morgan fingerprint density at radius 2 is 2.13 bits per heavy atom. The zero-order valence-corrected chi connectivity index (χ0v) is 18.7. The van der Waals surface area contributed by atoms with Crippen LogP contribution in [0.25, 0.3) is 0 Å². The quantitative estimate of drug-likeness (QED) is 0.391. The highest BCUT2D eigenvalue weighted by atomic mass is 32.2. The number of carbonyl (C=O) groups is 1. The number of methoxy groups -OCH3 is 1. The zero-order chi connectivity index (χ0) is 21.6. The SMILES string of the molecule is COc1cccc(N2CCN(CCC3[N+](=O)C4=CC5(CS4)C(=O)CCC[N+]35[O-])CC2)c1. The molecule has 1 aromatic carbocycles. The number of thioether (sulfide) groups is 1. The lowest BCUT2D eigenvalue weighted by Crippen LogP contribution is -2.74. The van der Waals surface area contributed by atoms with E-state index in [-0.39, 0.29) is 5.78 Å². The van der Waals surface area contributed by atoms with Crippen LogP contribution in [0, 0.1) is 10.1 Å². The van der Waals surface area contributed by atoms with Gasteiger partial charge in [0.15, 0.2) is 11.3 Å². The Balaban J connectivity index is 1.24. The van der Waals surface area contributed by atoms with Gasteiger partial charge >= 0.3 is 6.17 Å². The second-order valence-electron chi connectivity index (χ2n) is 8.87. The van der Waals surface area contributed by atoms with Crippen LogP contribution in [-0.4, -0.2) is 83.9 Å². The third-order valence-corrected chi connectivity index (χ3v) is 8.50. The number of benzene rings is 1. The Hall–Kier alpha value is -1.94. The lowest BCUT2D eigenvalue weighted by Gasteiger charge is -2.55. The predicted molar refractivity (Wildman–Crippen MR) is 120 cm³/mol. The molecule has 2 bridgehead atoms. The molecule has 5 rings (SSSR count). The fourth-order valence-electron chi connectivity index (χ4n) is 5.47. The standard InChI is InChI=1S/C22H29N4O4S/c1-30-18-5-2-4-17(14-18)24-11-9-23(10-12-24)8-7-20-25(28)21-15-22(16-31-21)19(27)6-3-13-26(20,22)29/h2,4-5,14-15,20H,3,6-13,16H2,1H3/q+1. The minimum Gasteiger partial charge on any atom is -0.627 e. The molecule has 1 spiro atoms. The molecule has 0 N–H and O–H groups in total. The molecule has 0 aliphatic carbocycles. The molecule has 0 aromatic heterocycles. The number of quaternary nitrogens is 1. The Bertz CT molecular complexity index is 932. The van der Waals surface area contributed by atoms with Crippen molar-refractivity contribution >= 4 is 23.2 Å². The first-order chi connectivity index (χ1) is 15.0. The topological polar surface area (TPSA) is 75.9 Å². The van der Waals surface area contributed by atoms with Crippen LogP contribution < -0.4 is 9.64 Å². The number of hydrogen-bond donors (Lipinski definition) is 0. The van der Waals surface area contributed by atoms with Gasteiger partial charge in [0.05, 0.1) is 36.7 Å². The van der Waals surface area contributed by atoms with E-state index in [1.54, 1.807) is 13.2 Å². The Morgan fingerprint density at radius 3 is 2.90 bits per heavy atom. The van der Waals surface area contributed by atoms with Gasteiger partial charge in [-0.25, -0.2) is 0 Å². The van der Waals surface area contributed by atoms with Crippen LogP contribution >= 0.6 is 11.8 Å². The number of rotatable bonds is 5. The second-order valence-corrected chi connectivity index (χ2v) is 9.86. The third-order valence-electron chi connectivity index (χ3n) is 7.32. The van der Waals surface area contributed by atoms with Gasteiger partial charge in [0.25, 0.3) is 5.03 Å². The fraction of sp³-hybridized carbons (Fsp3) is 0.591. The van der Waals surface area contributed by atoms with Crippen molar-refractivity contribution in [1.82, 2.24) is 4.90 Å². The first kappa shape index (κ1) is 20.9. The number of nitroso groups, excluding NO2 is 1. The lowest BCUT2D eigenvalue weighted by atomic mass is 9.84. The molecule has 3 unspecified atom stereocenters. The first-order valence-corrected chi connectivity index (χ1v) is 12.0. The van der Waals surface area contributed by atoms with E-state index in [0.717, 1.165) is 42.4 Å². The number of hydroxylamine groups is 3. The summed E-state index contributed by atoms with van der Waals surface area (Å²) in [5.41, 5.74) is 0.116. The Labute approximate surface area is 186 Å². The van der Waals surface area contributed by atoms with E-state index in [9.17, 15) is 14.9 Å². The molecule has 4 aliphatic rings. The summed E-state index contributed by atoms with van der Waals surface area (Å²) in [4.78, 5) is 30.4. The van der Waals surface area contributed by atoms with Crippen molar-refractivity contribution in [3.63, 3.8) is 0 Å². The van der Waals surface area contributed by atoms with Gasteiger partial charge in [-0.3, -0.25) is 14.3 Å². The summed E-state index contributed by atoms with van der Waals surface area (Å²) in [6.45, 7) is 4.58. The van der Waals surface area contributed by atoms with Crippen LogP contribution in [0.2, 0.25) is 0 Å². The van der Waals surface area contributed by atoms with Gasteiger partial charge in [-0.1, -0.05) is 6.07 Å². The van der Waals surface area contributed by atoms with Crippen molar-refractivity contribution in [3.8, 4) is 5.75 Å². The molecule has 3 atom stereocenters. The maximum atomic E-state index is 14.0. The number of ether oxygens (including phenoxy) is 1. The average Bonchev–Trinajstić information content (AvgIpc) is 3.22. The van der Waals surface area contributed by atoms with E-state index in [1.165, 1.54) is 11.8 Å². The number of piperazine rings is 1. The van der Waals surface area contributed by atoms with Crippen molar-refractivity contribution in [1.29, 1.82) is 0 Å². The van der Waals surface area contributed by atoms with Crippen LogP contribution in [0.5, 0.6) is 5.75 Å². The first-order valence-electron chi connectivity index (χ1n) is 11.0. The molecule has 8 nitrogen and oxygen atoms in total. The molecule has 0 radical (unpaired) electrons. The molecule has 166 valence electrons. The van der Waals surface area contributed by atoms with Crippen molar-refractivity contribution in [2.45, 2.75) is 31.0 Å². The summed E-state index contributed by atoms with van der Waals surface area (Å²) in [7, 11) is 1.67. The summed E-state index contributed by atoms with van der Waals surface area (Å²) in [6.07, 6.45) is 2.46. The summed E-state index contributed by atoms with van der Waals surface area (Å²) in [5.74, 6) is 1.28. The molecule has 31 heavy (non-hydrogen) atoms. The molecule has 2 fully saturated rings. The Kier molecular flexibility index (Phi) is 5.32. The van der Waals surface area contributed by atoms with Gasteiger partial charge in [0.1, 0.15) is 5.75 Å². The van der Waals surface area contributed by atoms with Crippen molar-refractivity contribution in [2.24, 2.45) is 0 Å². The zero-order valence-electron chi connectivity index (χ0n) is 17.9. The molecule has 0 amide bonds. The van der Waals surface area contributed by atoms with Crippen molar-refractivity contribution in [2.75, 3.05) is 57.0 Å². The number of anilines is 1. The van der Waals surface area contributed by atoms with Crippen molar-refractivity contribution in [3.05, 3.63) is 45.5 Å². The van der Waals surface area contributed by atoms with E-state index < -0.39 is 16.4 Å². The number of nitrogens with zero attached hydrogens (tertiary/aromatic N) is 4. The van der Waals surface area contributed by atoms with Gasteiger partial charge in [-0.05, 0) is 23.9 Å². The van der Waals surface area contributed by atoms with Gasteiger partial charge in [-0.15, -0.1) is 0 Å². The molecule has 2 saturated heterocycles. The van der Waals surface area contributed by atoms with E-state index in [4.69, 9.17) is 4.74 Å². The molecule has 9 heteroatoms. The van der Waals surface area contributed by atoms with Crippen LogP contribution in [0.3, 0.4) is 0 Å². The molecular formula is C22H29N4O4S+. The number of Topliss-reactive ketones (excluding diaryl/α,β-unsaturated/α-hetero) is 1. The molecule has 4 heterocycles.